The van der Waals surface area contributed by atoms with Gasteiger partial charge in [0.05, 0.1) is 12.6 Å². The molecule has 0 aromatic rings. The van der Waals surface area contributed by atoms with E-state index in [0.717, 1.165) is 17.6 Å². The Morgan fingerprint density at radius 3 is 2.57 bits per heavy atom. The van der Waals surface area contributed by atoms with Crippen LogP contribution in [0.5, 0.6) is 0 Å². The number of hydrogen-bond acceptors (Lipinski definition) is 4. The molecule has 1 heterocycles. The number of dihydropyridines is 1. The second-order valence-corrected chi connectivity index (χ2v) is 5.46. The molecule has 0 aromatic heterocycles. The van der Waals surface area contributed by atoms with Crippen LogP contribution < -0.4 is 5.32 Å². The van der Waals surface area contributed by atoms with Gasteiger partial charge in [-0.05, 0) is 24.6 Å². The summed E-state index contributed by atoms with van der Waals surface area (Å²) in [6.07, 6.45) is 12.7. The van der Waals surface area contributed by atoms with Crippen molar-refractivity contribution < 1.29 is 5.11 Å². The Balaban J connectivity index is 0.000000615. The normalized spacial score (nSPS) is 33.0. The molecule has 4 nitrogen and oxygen atoms in total. The van der Waals surface area contributed by atoms with Gasteiger partial charge in [-0.3, -0.25) is 4.99 Å². The van der Waals surface area contributed by atoms with Crippen LogP contribution in [-0.4, -0.2) is 43.3 Å². The van der Waals surface area contributed by atoms with Crippen LogP contribution in [0.4, 0.5) is 0 Å². The average molecular weight is 317 g/mol. The van der Waals surface area contributed by atoms with E-state index in [1.807, 2.05) is 53.1 Å². The molecule has 3 N–H and O–H groups in total. The monoisotopic (exact) mass is 317 g/mol. The van der Waals surface area contributed by atoms with Gasteiger partial charge in [0.15, 0.2) is 0 Å². The minimum absolute atomic E-state index is 0.0709. The van der Waals surface area contributed by atoms with E-state index in [-0.39, 0.29) is 24.0 Å². The summed E-state index contributed by atoms with van der Waals surface area (Å²) in [4.78, 5) is 4.59. The molecule has 1 saturated carbocycles. The molecule has 3 rings (SSSR count). The van der Waals surface area contributed by atoms with Gasteiger partial charge in [-0.15, -0.1) is 0 Å². The van der Waals surface area contributed by atoms with Gasteiger partial charge in [-0.25, -0.2) is 0 Å². The number of hydrogen-bond donors (Lipinski definition) is 3. The maximum atomic E-state index is 9.22. The fraction of sp³-hybridized carbons (Fsp3) is 0.579. The zero-order valence-corrected chi connectivity index (χ0v) is 15.0. The molecule has 1 fully saturated rings. The van der Waals surface area contributed by atoms with Crippen LogP contribution >= 0.6 is 0 Å². The molecule has 0 bridgehead atoms. The first-order valence-corrected chi connectivity index (χ1v) is 8.67. The Hall–Kier alpha value is -1.52. The molecule has 1 aliphatic heterocycles. The van der Waals surface area contributed by atoms with E-state index in [1.54, 1.807) is 6.21 Å². The van der Waals surface area contributed by atoms with Crippen LogP contribution in [0.3, 0.4) is 0 Å². The first-order chi connectivity index (χ1) is 11.2. The summed E-state index contributed by atoms with van der Waals surface area (Å²) in [6.45, 7) is 8.07. The Morgan fingerprint density at radius 1 is 1.35 bits per heavy atom. The standard InChI is InChI=1S/C15H19N3O.2C2H6/c1-17-14-6-15(14,9-16)12-5-11-4-10(8-19)2-3-13(11)18-7-12;2*1-2/h2-5,7,9,11,13-14,16-17,19H,6,8H2,1H3;2*1-2H3. The predicted octanol–water partition coefficient (Wildman–Crippen LogP) is 3.15. The molecule has 0 aromatic carbocycles. The molecule has 0 radical (unpaired) electrons. The van der Waals surface area contributed by atoms with E-state index < -0.39 is 0 Å². The third kappa shape index (κ3) is 3.88. The number of nitrogens with one attached hydrogen (secondary N) is 2. The number of fused-ring (bicyclic) bond motifs is 1. The number of aliphatic hydroxyl groups is 1. The maximum absolute atomic E-state index is 9.22. The van der Waals surface area contributed by atoms with Crippen molar-refractivity contribution in [3.05, 3.63) is 35.5 Å². The second kappa shape index (κ2) is 8.94. The van der Waals surface area contributed by atoms with Gasteiger partial charge in [0, 0.05) is 29.8 Å². The highest BCUT2D eigenvalue weighted by molar-refractivity contribution is 5.92. The highest BCUT2D eigenvalue weighted by Crippen LogP contribution is 2.50. The molecular formula is C19H31N3O. The Kier molecular flexibility index (Phi) is 7.59. The molecule has 0 saturated heterocycles. The lowest BCUT2D eigenvalue weighted by Gasteiger charge is -2.26. The quantitative estimate of drug-likeness (QED) is 0.697. The van der Waals surface area contributed by atoms with Crippen molar-refractivity contribution in [1.82, 2.24) is 5.32 Å². The topological polar surface area (TPSA) is 68.5 Å². The summed E-state index contributed by atoms with van der Waals surface area (Å²) in [7, 11) is 1.94. The molecule has 0 amide bonds. The maximum Gasteiger partial charge on any atom is 0.0780 e. The van der Waals surface area contributed by atoms with Gasteiger partial charge < -0.3 is 15.8 Å². The van der Waals surface area contributed by atoms with Crippen molar-refractivity contribution in [3.63, 3.8) is 0 Å². The van der Waals surface area contributed by atoms with Gasteiger partial charge >= 0.3 is 0 Å². The van der Waals surface area contributed by atoms with E-state index in [4.69, 9.17) is 5.41 Å². The predicted molar refractivity (Wildman–Crippen MR) is 99.5 cm³/mol. The highest BCUT2D eigenvalue weighted by Gasteiger charge is 2.54. The van der Waals surface area contributed by atoms with Gasteiger partial charge in [0.1, 0.15) is 0 Å². The highest BCUT2D eigenvalue weighted by atomic mass is 16.3. The smallest absolute Gasteiger partial charge is 0.0780 e. The fourth-order valence-corrected chi connectivity index (χ4v) is 3.05. The van der Waals surface area contributed by atoms with E-state index in [0.29, 0.717) is 6.04 Å². The Labute approximate surface area is 140 Å². The molecule has 4 unspecified atom stereocenters. The number of aliphatic imine (C=N–C) groups is 1. The zero-order valence-electron chi connectivity index (χ0n) is 15.0. The Bertz CT molecular complexity index is 519. The van der Waals surface area contributed by atoms with Crippen LogP contribution in [0.1, 0.15) is 34.1 Å². The number of nitrogens with zero attached hydrogens (tertiary/aromatic N) is 1. The largest absolute Gasteiger partial charge is 0.392 e. The van der Waals surface area contributed by atoms with Crippen molar-refractivity contribution in [2.75, 3.05) is 13.7 Å². The van der Waals surface area contributed by atoms with Crippen molar-refractivity contribution in [1.29, 1.82) is 5.41 Å². The SMILES string of the molecule is CC.CC.CNC1CC1(C=N)C1=CC2C=C(CO)C=CC2N=C1. The summed E-state index contributed by atoms with van der Waals surface area (Å²) >= 11 is 0. The van der Waals surface area contributed by atoms with Crippen molar-refractivity contribution in [2.45, 2.75) is 46.2 Å². The third-order valence-corrected chi connectivity index (χ3v) is 4.40. The minimum atomic E-state index is -0.169. The van der Waals surface area contributed by atoms with E-state index in [2.05, 4.69) is 22.5 Å². The second-order valence-electron chi connectivity index (χ2n) is 5.46. The van der Waals surface area contributed by atoms with Crippen molar-refractivity contribution in [2.24, 2.45) is 16.3 Å². The van der Waals surface area contributed by atoms with Crippen LogP contribution in [-0.2, 0) is 0 Å². The minimum Gasteiger partial charge on any atom is -0.392 e. The van der Waals surface area contributed by atoms with Gasteiger partial charge in [0.25, 0.3) is 0 Å². The van der Waals surface area contributed by atoms with Crippen LogP contribution in [0, 0.1) is 16.7 Å². The van der Waals surface area contributed by atoms with E-state index >= 15 is 0 Å². The molecule has 3 aliphatic rings. The Morgan fingerprint density at radius 2 is 2.04 bits per heavy atom. The zero-order chi connectivity index (χ0) is 17.5. The summed E-state index contributed by atoms with van der Waals surface area (Å²) in [6, 6.07) is 0.494. The van der Waals surface area contributed by atoms with Gasteiger partial charge in [0.2, 0.25) is 0 Å². The molecule has 128 valence electrons. The number of aliphatic hydroxyl groups excluding tert-OH is 1. The molecule has 0 spiro atoms. The van der Waals surface area contributed by atoms with Gasteiger partial charge in [-0.1, -0.05) is 52.0 Å². The summed E-state index contributed by atoms with van der Waals surface area (Å²) in [5.74, 6) is 0.210. The lowest BCUT2D eigenvalue weighted by atomic mass is 9.84. The lowest BCUT2D eigenvalue weighted by Crippen LogP contribution is -2.27. The molecule has 4 heteroatoms. The van der Waals surface area contributed by atoms with Crippen molar-refractivity contribution >= 4 is 12.4 Å². The molecular weight excluding hydrogens is 286 g/mol. The molecule has 2 aliphatic carbocycles. The molecule has 4 atom stereocenters. The van der Waals surface area contributed by atoms with E-state index in [1.165, 1.54) is 0 Å². The summed E-state index contributed by atoms with van der Waals surface area (Å²) in [5.41, 5.74) is 1.91. The third-order valence-electron chi connectivity index (χ3n) is 4.40. The van der Waals surface area contributed by atoms with Crippen molar-refractivity contribution in [3.8, 4) is 0 Å². The first kappa shape index (κ1) is 19.5. The van der Waals surface area contributed by atoms with Gasteiger partial charge in [-0.2, -0.15) is 0 Å². The van der Waals surface area contributed by atoms with Crippen LogP contribution in [0.15, 0.2) is 40.4 Å². The average Bonchev–Trinajstić information content (AvgIpc) is 3.39. The lowest BCUT2D eigenvalue weighted by molar-refractivity contribution is 0.333. The van der Waals surface area contributed by atoms with Crippen LogP contribution in [0.2, 0.25) is 0 Å². The summed E-state index contributed by atoms with van der Waals surface area (Å²) in [5, 5.41) is 20.2. The molecule has 23 heavy (non-hydrogen) atoms. The number of rotatable bonds is 4. The first-order valence-electron chi connectivity index (χ1n) is 8.67. The van der Waals surface area contributed by atoms with E-state index in [9.17, 15) is 5.11 Å². The fourth-order valence-electron chi connectivity index (χ4n) is 3.05. The summed E-state index contributed by atoms with van der Waals surface area (Å²) < 4.78 is 0. The van der Waals surface area contributed by atoms with Crippen LogP contribution in [0.25, 0.3) is 0 Å².